The third-order valence-electron chi connectivity index (χ3n) is 5.02. The van der Waals surface area contributed by atoms with Gasteiger partial charge in [-0.15, -0.1) is 0 Å². The van der Waals surface area contributed by atoms with Crippen LogP contribution in [0.1, 0.15) is 30.2 Å². The lowest BCUT2D eigenvalue weighted by atomic mass is 10.1. The molecule has 0 bridgehead atoms. The SMILES string of the molecule is C=C(CC)/C(Cc1ccco1)=N\CN/C=C(\NCCc1ccccc1)c1ccccc1. The van der Waals surface area contributed by atoms with E-state index in [9.17, 15) is 0 Å². The maximum absolute atomic E-state index is 5.48. The van der Waals surface area contributed by atoms with Crippen molar-refractivity contribution in [2.24, 2.45) is 4.99 Å². The summed E-state index contributed by atoms with van der Waals surface area (Å²) in [5.41, 5.74) is 5.51. The average molecular weight is 414 g/mol. The molecule has 0 aliphatic heterocycles. The molecular weight excluding hydrogens is 382 g/mol. The Morgan fingerprint density at radius 1 is 1.00 bits per heavy atom. The molecule has 0 saturated carbocycles. The van der Waals surface area contributed by atoms with Crippen LogP contribution in [0.2, 0.25) is 0 Å². The van der Waals surface area contributed by atoms with Gasteiger partial charge in [-0.1, -0.05) is 74.2 Å². The van der Waals surface area contributed by atoms with E-state index in [0.717, 1.165) is 47.7 Å². The molecule has 0 atom stereocenters. The van der Waals surface area contributed by atoms with Crippen molar-refractivity contribution in [3.8, 4) is 0 Å². The maximum Gasteiger partial charge on any atom is 0.109 e. The van der Waals surface area contributed by atoms with Gasteiger partial charge in [0.15, 0.2) is 0 Å². The van der Waals surface area contributed by atoms with Crippen LogP contribution in [0, 0.1) is 0 Å². The summed E-state index contributed by atoms with van der Waals surface area (Å²) in [6.07, 6.45) is 6.18. The molecule has 160 valence electrons. The minimum absolute atomic E-state index is 0.478. The topological polar surface area (TPSA) is 49.6 Å². The summed E-state index contributed by atoms with van der Waals surface area (Å²) in [5, 5.41) is 6.90. The van der Waals surface area contributed by atoms with Crippen molar-refractivity contribution in [1.29, 1.82) is 0 Å². The number of benzene rings is 2. The fourth-order valence-corrected chi connectivity index (χ4v) is 3.20. The van der Waals surface area contributed by atoms with E-state index in [1.54, 1.807) is 6.26 Å². The van der Waals surface area contributed by atoms with Gasteiger partial charge in [0, 0.05) is 24.9 Å². The Kier molecular flexibility index (Phi) is 8.74. The zero-order valence-corrected chi connectivity index (χ0v) is 18.2. The van der Waals surface area contributed by atoms with Crippen LogP contribution >= 0.6 is 0 Å². The van der Waals surface area contributed by atoms with Crippen molar-refractivity contribution in [3.05, 3.63) is 114 Å². The first-order valence-corrected chi connectivity index (χ1v) is 10.8. The quantitative estimate of drug-likeness (QED) is 0.300. The van der Waals surface area contributed by atoms with Crippen molar-refractivity contribution in [1.82, 2.24) is 10.6 Å². The van der Waals surface area contributed by atoms with Crippen molar-refractivity contribution < 1.29 is 4.42 Å². The lowest BCUT2D eigenvalue weighted by Gasteiger charge is -2.13. The van der Waals surface area contributed by atoms with Gasteiger partial charge >= 0.3 is 0 Å². The first kappa shape index (κ1) is 22.2. The van der Waals surface area contributed by atoms with Crippen molar-refractivity contribution >= 4 is 11.4 Å². The number of hydrogen-bond donors (Lipinski definition) is 2. The molecule has 2 N–H and O–H groups in total. The summed E-state index contributed by atoms with van der Waals surface area (Å²) in [5.74, 6) is 0.899. The summed E-state index contributed by atoms with van der Waals surface area (Å²) in [4.78, 5) is 4.74. The minimum atomic E-state index is 0.478. The Labute approximate surface area is 185 Å². The maximum atomic E-state index is 5.48. The second-order valence-corrected chi connectivity index (χ2v) is 7.27. The zero-order chi connectivity index (χ0) is 21.7. The lowest BCUT2D eigenvalue weighted by Crippen LogP contribution is -2.19. The number of aliphatic imine (C=N–C) groups is 1. The summed E-state index contributed by atoms with van der Waals surface area (Å²) in [7, 11) is 0. The molecule has 0 aliphatic carbocycles. The van der Waals surface area contributed by atoms with E-state index >= 15 is 0 Å². The highest BCUT2D eigenvalue weighted by Crippen LogP contribution is 2.11. The molecule has 4 heteroatoms. The zero-order valence-electron chi connectivity index (χ0n) is 18.2. The van der Waals surface area contributed by atoms with Crippen LogP contribution < -0.4 is 10.6 Å². The van der Waals surface area contributed by atoms with Gasteiger partial charge in [-0.25, -0.2) is 0 Å². The normalized spacial score (nSPS) is 11.9. The number of nitrogens with one attached hydrogen (secondary N) is 2. The molecule has 0 unspecified atom stereocenters. The summed E-state index contributed by atoms with van der Waals surface area (Å²) in [6, 6.07) is 24.7. The molecule has 0 aliphatic rings. The summed E-state index contributed by atoms with van der Waals surface area (Å²) >= 11 is 0. The van der Waals surface area contributed by atoms with E-state index in [-0.39, 0.29) is 0 Å². The monoisotopic (exact) mass is 413 g/mol. The largest absolute Gasteiger partial charge is 0.469 e. The number of nitrogens with zero attached hydrogens (tertiary/aromatic N) is 1. The fourth-order valence-electron chi connectivity index (χ4n) is 3.20. The highest BCUT2D eigenvalue weighted by atomic mass is 16.3. The molecule has 0 amide bonds. The van der Waals surface area contributed by atoms with Crippen LogP contribution in [0.5, 0.6) is 0 Å². The van der Waals surface area contributed by atoms with Crippen molar-refractivity contribution in [2.75, 3.05) is 13.2 Å². The van der Waals surface area contributed by atoms with E-state index in [1.165, 1.54) is 5.56 Å². The Morgan fingerprint density at radius 3 is 2.42 bits per heavy atom. The highest BCUT2D eigenvalue weighted by molar-refractivity contribution is 6.00. The number of allylic oxidation sites excluding steroid dienone is 1. The average Bonchev–Trinajstić information content (AvgIpc) is 3.33. The van der Waals surface area contributed by atoms with Gasteiger partial charge in [0.05, 0.1) is 12.0 Å². The molecule has 0 radical (unpaired) electrons. The van der Waals surface area contributed by atoms with Gasteiger partial charge in [-0.2, -0.15) is 0 Å². The molecular formula is C27H31N3O. The van der Waals surface area contributed by atoms with Gasteiger partial charge < -0.3 is 15.1 Å². The van der Waals surface area contributed by atoms with Gasteiger partial charge in [-0.3, -0.25) is 4.99 Å². The van der Waals surface area contributed by atoms with Crippen LogP contribution in [0.25, 0.3) is 5.70 Å². The van der Waals surface area contributed by atoms with Gasteiger partial charge in [0.25, 0.3) is 0 Å². The lowest BCUT2D eigenvalue weighted by molar-refractivity contribution is 0.526. The van der Waals surface area contributed by atoms with E-state index < -0.39 is 0 Å². The van der Waals surface area contributed by atoms with Gasteiger partial charge in [-0.05, 0) is 41.7 Å². The smallest absolute Gasteiger partial charge is 0.109 e. The predicted molar refractivity (Wildman–Crippen MR) is 130 cm³/mol. The van der Waals surface area contributed by atoms with E-state index in [2.05, 4.69) is 60.5 Å². The van der Waals surface area contributed by atoms with Crippen LogP contribution in [0.3, 0.4) is 0 Å². The predicted octanol–water partition coefficient (Wildman–Crippen LogP) is 5.61. The molecule has 1 heterocycles. The summed E-state index contributed by atoms with van der Waals surface area (Å²) in [6.45, 7) is 7.58. The number of furan rings is 1. The Hall–Kier alpha value is -3.53. The molecule has 0 saturated heterocycles. The number of rotatable bonds is 12. The van der Waals surface area contributed by atoms with Crippen LogP contribution in [-0.4, -0.2) is 18.9 Å². The minimum Gasteiger partial charge on any atom is -0.469 e. The van der Waals surface area contributed by atoms with E-state index in [1.807, 2.05) is 42.6 Å². The molecule has 2 aromatic carbocycles. The molecule has 4 nitrogen and oxygen atoms in total. The van der Waals surface area contributed by atoms with Crippen LogP contribution in [0.4, 0.5) is 0 Å². The van der Waals surface area contributed by atoms with E-state index in [4.69, 9.17) is 9.41 Å². The van der Waals surface area contributed by atoms with E-state index in [0.29, 0.717) is 13.1 Å². The van der Waals surface area contributed by atoms with Gasteiger partial charge in [0.2, 0.25) is 0 Å². The molecule has 1 aromatic heterocycles. The Morgan fingerprint density at radius 2 is 1.74 bits per heavy atom. The highest BCUT2D eigenvalue weighted by Gasteiger charge is 2.07. The summed E-state index contributed by atoms with van der Waals surface area (Å²) < 4.78 is 5.48. The first-order valence-electron chi connectivity index (χ1n) is 10.8. The fraction of sp³-hybridized carbons (Fsp3) is 0.222. The second-order valence-electron chi connectivity index (χ2n) is 7.27. The first-order chi connectivity index (χ1) is 15.3. The van der Waals surface area contributed by atoms with Crippen LogP contribution in [0.15, 0.2) is 107 Å². The molecule has 3 aromatic rings. The molecule has 0 fully saturated rings. The Balaban J connectivity index is 1.63. The standard InChI is InChI=1S/C27H31N3O/c1-3-22(2)26(19-25-15-10-18-31-25)30-21-28-20-27(24-13-8-5-9-14-24)29-17-16-23-11-6-4-7-12-23/h4-15,18,20,28-29H,2-3,16-17,19,21H2,1H3/b27-20-,30-26-. The number of hydrogen-bond acceptors (Lipinski definition) is 4. The molecule has 31 heavy (non-hydrogen) atoms. The molecule has 3 rings (SSSR count). The molecule has 0 spiro atoms. The van der Waals surface area contributed by atoms with Crippen molar-refractivity contribution in [3.63, 3.8) is 0 Å². The second kappa shape index (κ2) is 12.2. The van der Waals surface area contributed by atoms with Crippen LogP contribution in [-0.2, 0) is 12.8 Å². The Bertz CT molecular complexity index is 974. The van der Waals surface area contributed by atoms with Gasteiger partial charge in [0.1, 0.15) is 12.4 Å². The third-order valence-corrected chi connectivity index (χ3v) is 5.02. The van der Waals surface area contributed by atoms with Crippen molar-refractivity contribution in [2.45, 2.75) is 26.2 Å². The third kappa shape index (κ3) is 7.34.